The highest BCUT2D eigenvalue weighted by Gasteiger charge is 2.17. The maximum Gasteiger partial charge on any atom is 0.339 e. The molecule has 0 amide bonds. The zero-order chi connectivity index (χ0) is 15.7. The van der Waals surface area contributed by atoms with Gasteiger partial charge in [-0.3, -0.25) is 4.98 Å². The number of nitrogens with zero attached hydrogens (tertiary/aromatic N) is 3. The van der Waals surface area contributed by atoms with Crippen molar-refractivity contribution in [1.29, 1.82) is 5.26 Å². The number of methoxy groups -OCH3 is 1. The van der Waals surface area contributed by atoms with E-state index in [4.69, 9.17) is 4.74 Å². The molecule has 0 spiro atoms. The molecule has 0 unspecified atom stereocenters. The van der Waals surface area contributed by atoms with E-state index < -0.39 is 5.97 Å². The Bertz CT molecular complexity index is 919. The number of carbonyl (C=O) groups is 1. The highest BCUT2D eigenvalue weighted by atomic mass is 16.5. The van der Waals surface area contributed by atoms with Gasteiger partial charge in [0.1, 0.15) is 6.07 Å². The van der Waals surface area contributed by atoms with Gasteiger partial charge in [0.2, 0.25) is 0 Å². The molecule has 108 valence electrons. The summed E-state index contributed by atoms with van der Waals surface area (Å²) in [6.07, 6.45) is 3.09. The van der Waals surface area contributed by atoms with Crippen molar-refractivity contribution in [3.63, 3.8) is 0 Å². The van der Waals surface area contributed by atoms with Gasteiger partial charge in [0.05, 0.1) is 23.9 Å². The molecule has 0 N–H and O–H groups in total. The molecular weight excluding hydrogens is 278 g/mol. The van der Waals surface area contributed by atoms with Crippen LogP contribution in [0.3, 0.4) is 0 Å². The van der Waals surface area contributed by atoms with E-state index in [1.54, 1.807) is 12.3 Å². The molecule has 1 aromatic carbocycles. The Balaban J connectivity index is 2.29. The average molecular weight is 291 g/mol. The van der Waals surface area contributed by atoms with Crippen molar-refractivity contribution < 1.29 is 9.53 Å². The fraction of sp³-hybridized carbons (Fsp3) is 0.118. The van der Waals surface area contributed by atoms with E-state index in [0.29, 0.717) is 16.7 Å². The Kier molecular flexibility index (Phi) is 3.36. The Morgan fingerprint density at radius 2 is 2.09 bits per heavy atom. The lowest BCUT2D eigenvalue weighted by atomic mass is 10.1. The molecule has 2 aromatic heterocycles. The Labute approximate surface area is 127 Å². The van der Waals surface area contributed by atoms with E-state index in [2.05, 4.69) is 11.1 Å². The quantitative estimate of drug-likeness (QED) is 0.681. The Morgan fingerprint density at radius 3 is 2.82 bits per heavy atom. The van der Waals surface area contributed by atoms with Gasteiger partial charge in [0.25, 0.3) is 0 Å². The van der Waals surface area contributed by atoms with Gasteiger partial charge < -0.3 is 9.30 Å². The van der Waals surface area contributed by atoms with Crippen LogP contribution in [-0.4, -0.2) is 22.6 Å². The molecule has 2 heterocycles. The third-order valence-electron chi connectivity index (χ3n) is 3.65. The predicted octanol–water partition coefficient (Wildman–Crippen LogP) is 2.90. The summed E-state index contributed by atoms with van der Waals surface area (Å²) in [6.45, 7) is 0. The highest BCUT2D eigenvalue weighted by Crippen LogP contribution is 2.32. The first-order valence-electron chi connectivity index (χ1n) is 6.68. The number of hydrogen-bond acceptors (Lipinski definition) is 4. The minimum absolute atomic E-state index is 0.356. The summed E-state index contributed by atoms with van der Waals surface area (Å²) in [5, 5.41) is 10.4. The van der Waals surface area contributed by atoms with Crippen LogP contribution < -0.4 is 0 Å². The van der Waals surface area contributed by atoms with Crippen LogP contribution in [0.5, 0.6) is 0 Å². The fourth-order valence-corrected chi connectivity index (χ4v) is 2.64. The van der Waals surface area contributed by atoms with Crippen molar-refractivity contribution in [2.45, 2.75) is 0 Å². The number of para-hydroxylation sites is 1. The number of aryl methyl sites for hydroxylation is 1. The molecule has 3 aromatic rings. The maximum absolute atomic E-state index is 11.7. The molecule has 0 atom stereocenters. The van der Waals surface area contributed by atoms with Crippen molar-refractivity contribution in [2.75, 3.05) is 7.11 Å². The van der Waals surface area contributed by atoms with E-state index in [1.807, 2.05) is 35.9 Å². The molecule has 5 heteroatoms. The third kappa shape index (κ3) is 2.02. The van der Waals surface area contributed by atoms with Gasteiger partial charge in [-0.05, 0) is 12.1 Å². The molecule has 0 bridgehead atoms. The van der Waals surface area contributed by atoms with Crippen LogP contribution in [0, 0.1) is 11.3 Å². The molecule has 0 aliphatic carbocycles. The predicted molar refractivity (Wildman–Crippen MR) is 82.2 cm³/mol. The number of ether oxygens (including phenoxy) is 1. The van der Waals surface area contributed by atoms with Gasteiger partial charge in [0.15, 0.2) is 0 Å². The lowest BCUT2D eigenvalue weighted by Gasteiger charge is -2.06. The molecule has 5 nitrogen and oxygen atoms in total. The first-order chi connectivity index (χ1) is 10.7. The lowest BCUT2D eigenvalue weighted by Crippen LogP contribution is -2.03. The van der Waals surface area contributed by atoms with Crippen molar-refractivity contribution >= 4 is 16.9 Å². The van der Waals surface area contributed by atoms with Crippen LogP contribution in [0.15, 0.2) is 42.7 Å². The van der Waals surface area contributed by atoms with Crippen LogP contribution in [0.1, 0.15) is 15.9 Å². The van der Waals surface area contributed by atoms with Crippen LogP contribution in [-0.2, 0) is 11.8 Å². The second kappa shape index (κ2) is 5.34. The number of carbonyl (C=O) groups excluding carboxylic acids is 1. The van der Waals surface area contributed by atoms with E-state index in [0.717, 1.165) is 16.6 Å². The van der Waals surface area contributed by atoms with Crippen LogP contribution >= 0.6 is 0 Å². The van der Waals surface area contributed by atoms with Gasteiger partial charge >= 0.3 is 5.97 Å². The molecule has 0 saturated heterocycles. The smallest absolute Gasteiger partial charge is 0.339 e. The lowest BCUT2D eigenvalue weighted by molar-refractivity contribution is 0.0600. The summed E-state index contributed by atoms with van der Waals surface area (Å²) in [4.78, 5) is 15.8. The van der Waals surface area contributed by atoms with Crippen molar-refractivity contribution in [3.05, 3.63) is 53.9 Å². The Hall–Kier alpha value is -3.13. The summed E-state index contributed by atoms with van der Waals surface area (Å²) < 4.78 is 6.66. The first-order valence-corrected chi connectivity index (χ1v) is 6.68. The van der Waals surface area contributed by atoms with Gasteiger partial charge in [-0.2, -0.15) is 5.26 Å². The third-order valence-corrected chi connectivity index (χ3v) is 3.65. The molecule has 0 radical (unpaired) electrons. The topological polar surface area (TPSA) is 67.9 Å². The van der Waals surface area contributed by atoms with Crippen LogP contribution in [0.25, 0.3) is 22.2 Å². The van der Waals surface area contributed by atoms with E-state index in [9.17, 15) is 10.1 Å². The fourth-order valence-electron chi connectivity index (χ4n) is 2.64. The number of nitriles is 1. The second-order valence-electron chi connectivity index (χ2n) is 4.87. The van der Waals surface area contributed by atoms with Crippen molar-refractivity contribution in [1.82, 2.24) is 9.55 Å². The largest absolute Gasteiger partial charge is 0.465 e. The number of benzene rings is 1. The van der Waals surface area contributed by atoms with Crippen LogP contribution in [0.4, 0.5) is 0 Å². The standard InChI is InChI=1S/C17H13N3O2/c1-20-15-6-4-3-5-13(15)14(8-18)16(20)11-7-12(10-19-9-11)17(21)22-2/h3-7,9-10H,1-2H3. The minimum Gasteiger partial charge on any atom is -0.465 e. The number of hydrogen-bond donors (Lipinski definition) is 0. The highest BCUT2D eigenvalue weighted by molar-refractivity contribution is 5.96. The number of pyridine rings is 1. The summed E-state index contributed by atoms with van der Waals surface area (Å²) >= 11 is 0. The average Bonchev–Trinajstić information content (AvgIpc) is 2.86. The molecule has 0 fully saturated rings. The van der Waals surface area contributed by atoms with Crippen LogP contribution in [0.2, 0.25) is 0 Å². The maximum atomic E-state index is 11.7. The number of rotatable bonds is 2. The molecule has 3 rings (SSSR count). The van der Waals surface area contributed by atoms with Gasteiger partial charge in [-0.1, -0.05) is 18.2 Å². The summed E-state index contributed by atoms with van der Waals surface area (Å²) in [5.41, 5.74) is 3.33. The zero-order valence-electron chi connectivity index (χ0n) is 12.2. The number of aromatic nitrogens is 2. The molecule has 0 aliphatic heterocycles. The Morgan fingerprint density at radius 1 is 1.32 bits per heavy atom. The van der Waals surface area contributed by atoms with Gasteiger partial charge in [-0.15, -0.1) is 0 Å². The molecule has 0 saturated carbocycles. The molecule has 22 heavy (non-hydrogen) atoms. The normalized spacial score (nSPS) is 10.4. The number of esters is 1. The zero-order valence-corrected chi connectivity index (χ0v) is 12.2. The van der Waals surface area contributed by atoms with Gasteiger partial charge in [0, 0.05) is 35.9 Å². The number of fused-ring (bicyclic) bond motifs is 1. The molecular formula is C17H13N3O2. The summed E-state index contributed by atoms with van der Waals surface area (Å²) in [6, 6.07) is 11.6. The summed E-state index contributed by atoms with van der Waals surface area (Å²) in [7, 11) is 3.22. The van der Waals surface area contributed by atoms with E-state index in [1.165, 1.54) is 13.3 Å². The monoisotopic (exact) mass is 291 g/mol. The molecule has 0 aliphatic rings. The van der Waals surface area contributed by atoms with Crippen molar-refractivity contribution in [2.24, 2.45) is 7.05 Å². The van der Waals surface area contributed by atoms with Crippen molar-refractivity contribution in [3.8, 4) is 17.3 Å². The second-order valence-corrected chi connectivity index (χ2v) is 4.87. The SMILES string of the molecule is COC(=O)c1cncc(-c2c(C#N)c3ccccc3n2C)c1. The summed E-state index contributed by atoms with van der Waals surface area (Å²) in [5.74, 6) is -0.452. The minimum atomic E-state index is -0.452. The first kappa shape index (κ1) is 13.8. The van der Waals surface area contributed by atoms with Gasteiger partial charge in [-0.25, -0.2) is 4.79 Å². The van der Waals surface area contributed by atoms with E-state index >= 15 is 0 Å². The van der Waals surface area contributed by atoms with E-state index in [-0.39, 0.29) is 0 Å².